The maximum absolute atomic E-state index is 5.91. The summed E-state index contributed by atoms with van der Waals surface area (Å²) in [5, 5.41) is 0. The molecule has 22 heavy (non-hydrogen) atoms. The van der Waals surface area contributed by atoms with Crippen LogP contribution in [-0.4, -0.2) is 0 Å². The summed E-state index contributed by atoms with van der Waals surface area (Å²) in [4.78, 5) is 0. The maximum Gasteiger partial charge on any atom is 0.128 e. The molecule has 0 fully saturated rings. The van der Waals surface area contributed by atoms with Crippen LogP contribution in [0.1, 0.15) is 18.1 Å². The lowest BCUT2D eigenvalue weighted by molar-refractivity contribution is 0.482. The highest BCUT2D eigenvalue weighted by atomic mass is 16.5. The van der Waals surface area contributed by atoms with Gasteiger partial charge in [0.25, 0.3) is 0 Å². The van der Waals surface area contributed by atoms with E-state index in [-0.39, 0.29) is 0 Å². The number of hydrogen-bond donors (Lipinski definition) is 0. The van der Waals surface area contributed by atoms with Crippen LogP contribution in [0.4, 0.5) is 0 Å². The van der Waals surface area contributed by atoms with Crippen molar-refractivity contribution >= 4 is 11.6 Å². The van der Waals surface area contributed by atoms with E-state index in [1.54, 1.807) is 6.08 Å². The predicted octanol–water partition coefficient (Wildman–Crippen LogP) is 6.27. The minimum atomic E-state index is 0.808. The molecule has 0 amide bonds. The van der Waals surface area contributed by atoms with Crippen molar-refractivity contribution < 1.29 is 4.74 Å². The molecule has 1 heteroatoms. The Balaban J connectivity index is 2.25. The van der Waals surface area contributed by atoms with Crippen LogP contribution in [0.5, 0.6) is 11.5 Å². The summed E-state index contributed by atoms with van der Waals surface area (Å²) < 4.78 is 5.91. The van der Waals surface area contributed by atoms with Crippen LogP contribution in [0.2, 0.25) is 0 Å². The normalized spacial score (nSPS) is 11.4. The molecule has 2 aromatic carbocycles. The monoisotopic (exact) mass is 288 g/mol. The standard InChI is InChI=1S/C21H20O/c1-4-8-18(9-5-2)19-10-7-11-21(16-19)22-20-14-12-17(6-3)13-15-20/h4-16H,1,3H2,2H3/b9-5-,18-8+. The average molecular weight is 288 g/mol. The lowest BCUT2D eigenvalue weighted by Crippen LogP contribution is -1.87. The summed E-state index contributed by atoms with van der Waals surface area (Å²) in [6.45, 7) is 9.51. The third kappa shape index (κ3) is 4.10. The van der Waals surface area contributed by atoms with Crippen LogP contribution in [0.25, 0.3) is 11.6 Å². The van der Waals surface area contributed by atoms with E-state index in [1.807, 2.05) is 67.6 Å². The molecule has 0 aliphatic heterocycles. The topological polar surface area (TPSA) is 9.23 Å². The van der Waals surface area contributed by atoms with Crippen molar-refractivity contribution in [3.05, 3.63) is 97.1 Å². The van der Waals surface area contributed by atoms with Crippen molar-refractivity contribution in [2.24, 2.45) is 0 Å². The zero-order valence-electron chi connectivity index (χ0n) is 12.8. The van der Waals surface area contributed by atoms with E-state index in [2.05, 4.69) is 25.3 Å². The van der Waals surface area contributed by atoms with Crippen LogP contribution < -0.4 is 4.74 Å². The number of hydrogen-bond acceptors (Lipinski definition) is 1. The first-order valence-corrected chi connectivity index (χ1v) is 7.23. The molecule has 0 aromatic heterocycles. The average Bonchev–Trinajstić information content (AvgIpc) is 2.56. The molecule has 0 unspecified atom stereocenters. The zero-order valence-corrected chi connectivity index (χ0v) is 12.8. The Hall–Kier alpha value is -2.80. The van der Waals surface area contributed by atoms with Crippen molar-refractivity contribution in [2.75, 3.05) is 0 Å². The SMILES string of the molecule is C=C/C=C(\C=C/C)c1cccc(Oc2ccc(C=C)cc2)c1. The van der Waals surface area contributed by atoms with Gasteiger partial charge in [-0.3, -0.25) is 0 Å². The molecule has 0 saturated carbocycles. The lowest BCUT2D eigenvalue weighted by atomic mass is 10.0. The second-order valence-corrected chi connectivity index (χ2v) is 4.76. The van der Waals surface area contributed by atoms with Crippen LogP contribution >= 0.6 is 0 Å². The third-order valence-electron chi connectivity index (χ3n) is 3.16. The van der Waals surface area contributed by atoms with Gasteiger partial charge in [-0.2, -0.15) is 0 Å². The summed E-state index contributed by atoms with van der Waals surface area (Å²) in [7, 11) is 0. The van der Waals surface area contributed by atoms with E-state index in [9.17, 15) is 0 Å². The molecule has 2 aromatic rings. The van der Waals surface area contributed by atoms with Gasteiger partial charge in [0.2, 0.25) is 0 Å². The van der Waals surface area contributed by atoms with E-state index in [1.165, 1.54) is 0 Å². The van der Waals surface area contributed by atoms with Crippen LogP contribution in [0, 0.1) is 0 Å². The van der Waals surface area contributed by atoms with Crippen molar-refractivity contribution in [2.45, 2.75) is 6.92 Å². The fourth-order valence-corrected chi connectivity index (χ4v) is 2.10. The Bertz CT molecular complexity index is 703. The van der Waals surface area contributed by atoms with Gasteiger partial charge in [0, 0.05) is 0 Å². The van der Waals surface area contributed by atoms with Gasteiger partial charge in [0.1, 0.15) is 11.5 Å². The first kappa shape index (κ1) is 15.6. The van der Waals surface area contributed by atoms with E-state index in [0.29, 0.717) is 0 Å². The molecule has 0 atom stereocenters. The van der Waals surface area contributed by atoms with Gasteiger partial charge in [0.05, 0.1) is 0 Å². The van der Waals surface area contributed by atoms with E-state index < -0.39 is 0 Å². The zero-order chi connectivity index (χ0) is 15.8. The van der Waals surface area contributed by atoms with Crippen molar-refractivity contribution in [3.8, 4) is 11.5 Å². The molecule has 0 aliphatic rings. The molecule has 0 spiro atoms. The summed E-state index contributed by atoms with van der Waals surface area (Å²) in [6, 6.07) is 15.9. The van der Waals surface area contributed by atoms with Crippen molar-refractivity contribution in [3.63, 3.8) is 0 Å². The molecule has 0 N–H and O–H groups in total. The maximum atomic E-state index is 5.91. The van der Waals surface area contributed by atoms with Gasteiger partial charge >= 0.3 is 0 Å². The highest BCUT2D eigenvalue weighted by Gasteiger charge is 2.01. The van der Waals surface area contributed by atoms with Gasteiger partial charge < -0.3 is 4.74 Å². The molecular weight excluding hydrogens is 268 g/mol. The van der Waals surface area contributed by atoms with Crippen LogP contribution in [0.3, 0.4) is 0 Å². The highest BCUT2D eigenvalue weighted by molar-refractivity contribution is 5.75. The quantitative estimate of drug-likeness (QED) is 0.569. The minimum Gasteiger partial charge on any atom is -0.457 e. The van der Waals surface area contributed by atoms with Crippen LogP contribution in [-0.2, 0) is 0 Å². The first-order chi connectivity index (χ1) is 10.8. The minimum absolute atomic E-state index is 0.808. The number of benzene rings is 2. The molecule has 2 rings (SSSR count). The molecular formula is C21H20O. The Labute approximate surface area is 132 Å². The van der Waals surface area contributed by atoms with E-state index in [4.69, 9.17) is 4.74 Å². The second kappa shape index (κ2) is 7.84. The van der Waals surface area contributed by atoms with Gasteiger partial charge in [-0.05, 0) is 47.9 Å². The third-order valence-corrected chi connectivity index (χ3v) is 3.16. The summed E-state index contributed by atoms with van der Waals surface area (Å²) in [5.41, 5.74) is 3.27. The van der Waals surface area contributed by atoms with Gasteiger partial charge in [-0.1, -0.05) is 67.8 Å². The molecule has 0 aliphatic carbocycles. The predicted molar refractivity (Wildman–Crippen MR) is 96.0 cm³/mol. The van der Waals surface area contributed by atoms with Crippen molar-refractivity contribution in [1.82, 2.24) is 0 Å². The van der Waals surface area contributed by atoms with Gasteiger partial charge in [-0.15, -0.1) is 0 Å². The van der Waals surface area contributed by atoms with E-state index >= 15 is 0 Å². The summed E-state index contributed by atoms with van der Waals surface area (Å²) in [5.74, 6) is 1.62. The first-order valence-electron chi connectivity index (χ1n) is 7.23. The Morgan fingerprint density at radius 3 is 2.41 bits per heavy atom. The number of ether oxygens (including phenoxy) is 1. The molecule has 0 saturated heterocycles. The lowest BCUT2D eigenvalue weighted by Gasteiger charge is -2.08. The molecule has 0 heterocycles. The molecule has 1 nitrogen and oxygen atoms in total. The fraction of sp³-hybridized carbons (Fsp3) is 0.0476. The smallest absolute Gasteiger partial charge is 0.128 e. The Kier molecular flexibility index (Phi) is 5.56. The van der Waals surface area contributed by atoms with Crippen LogP contribution in [0.15, 0.2) is 86.0 Å². The molecule has 0 bridgehead atoms. The largest absolute Gasteiger partial charge is 0.457 e. The number of allylic oxidation sites excluding steroid dienone is 5. The number of rotatable bonds is 6. The Morgan fingerprint density at radius 1 is 1.00 bits per heavy atom. The molecule has 0 radical (unpaired) electrons. The molecule has 110 valence electrons. The van der Waals surface area contributed by atoms with E-state index in [0.717, 1.165) is 28.2 Å². The summed E-state index contributed by atoms with van der Waals surface area (Å²) in [6.07, 6.45) is 9.65. The summed E-state index contributed by atoms with van der Waals surface area (Å²) >= 11 is 0. The Morgan fingerprint density at radius 2 is 1.77 bits per heavy atom. The fourth-order valence-electron chi connectivity index (χ4n) is 2.10. The van der Waals surface area contributed by atoms with Gasteiger partial charge in [-0.25, -0.2) is 0 Å². The van der Waals surface area contributed by atoms with Crippen molar-refractivity contribution in [1.29, 1.82) is 0 Å². The second-order valence-electron chi connectivity index (χ2n) is 4.76. The van der Waals surface area contributed by atoms with Gasteiger partial charge in [0.15, 0.2) is 0 Å². The highest BCUT2D eigenvalue weighted by Crippen LogP contribution is 2.26.